The van der Waals surface area contributed by atoms with Crippen LogP contribution in [0.5, 0.6) is 0 Å². The maximum atomic E-state index is 11.3. The second-order valence-corrected chi connectivity index (χ2v) is 4.69. The summed E-state index contributed by atoms with van der Waals surface area (Å²) < 4.78 is 0. The van der Waals surface area contributed by atoms with E-state index in [0.29, 0.717) is 26.2 Å². The Morgan fingerprint density at radius 3 is 2.69 bits per heavy atom. The van der Waals surface area contributed by atoms with Gasteiger partial charge < -0.3 is 20.6 Å². The quantitative estimate of drug-likeness (QED) is 0.468. The van der Waals surface area contributed by atoms with Crippen molar-refractivity contribution in [2.24, 2.45) is 5.92 Å². The minimum Gasteiger partial charge on any atom is -0.390 e. The van der Waals surface area contributed by atoms with E-state index in [1.807, 2.05) is 19.0 Å². The molecule has 0 aromatic heterocycles. The lowest BCUT2D eigenvalue weighted by Crippen LogP contribution is -2.38. The van der Waals surface area contributed by atoms with Crippen LogP contribution in [-0.4, -0.2) is 62.3 Å². The zero-order valence-electron chi connectivity index (χ0n) is 10.2. The van der Waals surface area contributed by atoms with E-state index in [1.165, 1.54) is 0 Å². The van der Waals surface area contributed by atoms with Crippen LogP contribution in [0.25, 0.3) is 0 Å². The van der Waals surface area contributed by atoms with Crippen molar-refractivity contribution in [2.45, 2.75) is 18.9 Å². The number of hydrogen-bond donors (Lipinski definition) is 3. The first-order valence-electron chi connectivity index (χ1n) is 5.91. The summed E-state index contributed by atoms with van der Waals surface area (Å²) in [5.41, 5.74) is 0. The normalized spacial score (nSPS) is 17.5. The number of nitrogens with zero attached hydrogens (tertiary/aromatic N) is 1. The summed E-state index contributed by atoms with van der Waals surface area (Å²) >= 11 is 0. The number of nitrogens with one attached hydrogen (secondary N) is 2. The molecule has 0 aromatic rings. The van der Waals surface area contributed by atoms with E-state index < -0.39 is 0 Å². The van der Waals surface area contributed by atoms with Gasteiger partial charge in [0.05, 0.1) is 6.10 Å². The van der Waals surface area contributed by atoms with Crippen molar-refractivity contribution in [1.82, 2.24) is 15.5 Å². The van der Waals surface area contributed by atoms with Crippen molar-refractivity contribution < 1.29 is 9.90 Å². The summed E-state index contributed by atoms with van der Waals surface area (Å²) in [6.45, 7) is 2.58. The van der Waals surface area contributed by atoms with E-state index in [9.17, 15) is 9.90 Å². The summed E-state index contributed by atoms with van der Waals surface area (Å²) in [5.74, 6) is 0.454. The lowest BCUT2D eigenvalue weighted by atomic mass is 10.3. The predicted molar refractivity (Wildman–Crippen MR) is 63.2 cm³/mol. The molecule has 1 unspecified atom stereocenters. The van der Waals surface area contributed by atoms with E-state index >= 15 is 0 Å². The standard InChI is InChI=1S/C11H23N3O2/c1-14(2)8-10(15)7-12-5-6-13-11(16)9-3-4-9/h9-10,12,15H,3-8H2,1-2H3,(H,13,16). The number of carbonyl (C=O) groups excluding carboxylic acids is 1. The number of aliphatic hydroxyl groups is 1. The Morgan fingerprint density at radius 2 is 2.12 bits per heavy atom. The highest BCUT2D eigenvalue weighted by atomic mass is 16.3. The van der Waals surface area contributed by atoms with E-state index in [1.54, 1.807) is 0 Å². The SMILES string of the molecule is CN(C)CC(O)CNCCNC(=O)C1CC1. The smallest absolute Gasteiger partial charge is 0.223 e. The van der Waals surface area contributed by atoms with Gasteiger partial charge in [0.2, 0.25) is 5.91 Å². The summed E-state index contributed by atoms with van der Waals surface area (Å²) in [6, 6.07) is 0. The highest BCUT2D eigenvalue weighted by Crippen LogP contribution is 2.28. The molecule has 1 aliphatic rings. The van der Waals surface area contributed by atoms with Crippen molar-refractivity contribution in [2.75, 3.05) is 40.3 Å². The molecular weight excluding hydrogens is 206 g/mol. The highest BCUT2D eigenvalue weighted by molar-refractivity contribution is 5.80. The van der Waals surface area contributed by atoms with E-state index in [2.05, 4.69) is 10.6 Å². The maximum absolute atomic E-state index is 11.3. The topological polar surface area (TPSA) is 64.6 Å². The molecule has 0 bridgehead atoms. The Morgan fingerprint density at radius 1 is 1.44 bits per heavy atom. The molecule has 1 amide bonds. The van der Waals surface area contributed by atoms with Gasteiger partial charge in [0, 0.05) is 32.1 Å². The fraction of sp³-hybridized carbons (Fsp3) is 0.909. The largest absolute Gasteiger partial charge is 0.390 e. The van der Waals surface area contributed by atoms with E-state index in [0.717, 1.165) is 12.8 Å². The lowest BCUT2D eigenvalue weighted by Gasteiger charge is -2.16. The van der Waals surface area contributed by atoms with Crippen LogP contribution in [0, 0.1) is 5.92 Å². The predicted octanol–water partition coefficient (Wildman–Crippen LogP) is -0.975. The second-order valence-electron chi connectivity index (χ2n) is 4.69. The molecule has 1 saturated carbocycles. The van der Waals surface area contributed by atoms with Gasteiger partial charge >= 0.3 is 0 Å². The molecule has 3 N–H and O–H groups in total. The molecule has 5 nitrogen and oxygen atoms in total. The first-order valence-corrected chi connectivity index (χ1v) is 5.91. The molecule has 5 heteroatoms. The average Bonchev–Trinajstić information content (AvgIpc) is 2.98. The maximum Gasteiger partial charge on any atom is 0.223 e. The fourth-order valence-corrected chi connectivity index (χ4v) is 1.52. The summed E-state index contributed by atoms with van der Waals surface area (Å²) in [5, 5.41) is 15.5. The zero-order chi connectivity index (χ0) is 12.0. The number of rotatable bonds is 8. The van der Waals surface area contributed by atoms with Gasteiger partial charge in [-0.2, -0.15) is 0 Å². The van der Waals surface area contributed by atoms with Crippen molar-refractivity contribution in [3.63, 3.8) is 0 Å². The van der Waals surface area contributed by atoms with Crippen LogP contribution in [0.3, 0.4) is 0 Å². The van der Waals surface area contributed by atoms with Crippen LogP contribution in [0.4, 0.5) is 0 Å². The van der Waals surface area contributed by atoms with E-state index in [4.69, 9.17) is 0 Å². The second kappa shape index (κ2) is 6.83. The number of hydrogen-bond acceptors (Lipinski definition) is 4. The molecule has 1 fully saturated rings. The molecule has 0 aliphatic heterocycles. The molecule has 1 rings (SSSR count). The molecule has 0 spiro atoms. The van der Waals surface area contributed by atoms with Crippen LogP contribution < -0.4 is 10.6 Å². The summed E-state index contributed by atoms with van der Waals surface area (Å²) in [6.07, 6.45) is 1.73. The monoisotopic (exact) mass is 229 g/mol. The van der Waals surface area contributed by atoms with Crippen LogP contribution >= 0.6 is 0 Å². The molecule has 0 saturated heterocycles. The van der Waals surface area contributed by atoms with Crippen LogP contribution in [0.1, 0.15) is 12.8 Å². The van der Waals surface area contributed by atoms with Crippen LogP contribution in [-0.2, 0) is 4.79 Å². The molecule has 16 heavy (non-hydrogen) atoms. The summed E-state index contributed by atoms with van der Waals surface area (Å²) in [7, 11) is 3.86. The van der Waals surface area contributed by atoms with Crippen molar-refractivity contribution in [1.29, 1.82) is 0 Å². The third-order valence-electron chi connectivity index (χ3n) is 2.51. The Bertz CT molecular complexity index is 217. The average molecular weight is 229 g/mol. The van der Waals surface area contributed by atoms with Gasteiger partial charge in [-0.05, 0) is 26.9 Å². The molecule has 1 atom stereocenters. The van der Waals surface area contributed by atoms with Gasteiger partial charge in [0.25, 0.3) is 0 Å². The molecule has 1 aliphatic carbocycles. The van der Waals surface area contributed by atoms with Gasteiger partial charge in [0.15, 0.2) is 0 Å². The van der Waals surface area contributed by atoms with Crippen molar-refractivity contribution in [3.05, 3.63) is 0 Å². The van der Waals surface area contributed by atoms with Gasteiger partial charge in [0.1, 0.15) is 0 Å². The Balaban J connectivity index is 1.88. The highest BCUT2D eigenvalue weighted by Gasteiger charge is 2.28. The van der Waals surface area contributed by atoms with E-state index in [-0.39, 0.29) is 17.9 Å². The minimum atomic E-state index is -0.353. The molecule has 0 heterocycles. The van der Waals surface area contributed by atoms with Gasteiger partial charge in [-0.25, -0.2) is 0 Å². The van der Waals surface area contributed by atoms with Crippen molar-refractivity contribution >= 4 is 5.91 Å². The Labute approximate surface area is 97.2 Å². The third kappa shape index (κ3) is 6.05. The number of aliphatic hydroxyl groups excluding tert-OH is 1. The Kier molecular flexibility index (Phi) is 5.73. The van der Waals surface area contributed by atoms with Gasteiger partial charge in [-0.1, -0.05) is 0 Å². The molecular formula is C11H23N3O2. The van der Waals surface area contributed by atoms with Crippen LogP contribution in [0.2, 0.25) is 0 Å². The summed E-state index contributed by atoms with van der Waals surface area (Å²) in [4.78, 5) is 13.2. The Hall–Kier alpha value is -0.650. The number of amides is 1. The molecule has 0 aromatic carbocycles. The third-order valence-corrected chi connectivity index (χ3v) is 2.51. The first-order chi connectivity index (χ1) is 7.59. The number of carbonyl (C=O) groups is 1. The molecule has 94 valence electrons. The zero-order valence-corrected chi connectivity index (χ0v) is 10.2. The lowest BCUT2D eigenvalue weighted by molar-refractivity contribution is -0.122. The fourth-order valence-electron chi connectivity index (χ4n) is 1.52. The first kappa shape index (κ1) is 13.4. The van der Waals surface area contributed by atoms with Crippen molar-refractivity contribution in [3.8, 4) is 0 Å². The van der Waals surface area contributed by atoms with Crippen LogP contribution in [0.15, 0.2) is 0 Å². The minimum absolute atomic E-state index is 0.177. The van der Waals surface area contributed by atoms with Gasteiger partial charge in [-0.3, -0.25) is 4.79 Å². The number of likely N-dealkylation sites (N-methyl/N-ethyl adjacent to an activating group) is 1. The van der Waals surface area contributed by atoms with Gasteiger partial charge in [-0.15, -0.1) is 0 Å². The molecule has 0 radical (unpaired) electrons.